The Morgan fingerprint density at radius 1 is 1.30 bits per heavy atom. The summed E-state index contributed by atoms with van der Waals surface area (Å²) in [4.78, 5) is 22.4. The molecule has 0 saturated heterocycles. The molecule has 0 fully saturated rings. The minimum atomic E-state index is -1.02. The summed E-state index contributed by atoms with van der Waals surface area (Å²) >= 11 is 0. The van der Waals surface area contributed by atoms with Crippen LogP contribution in [0.15, 0.2) is 18.2 Å². The molecule has 0 heterocycles. The Bertz CT molecular complexity index is 465. The molecule has 0 aliphatic carbocycles. The summed E-state index contributed by atoms with van der Waals surface area (Å²) in [7, 11) is 0. The largest absolute Gasteiger partial charge is 0.493 e. The summed E-state index contributed by atoms with van der Waals surface area (Å²) in [6.07, 6.45) is 0.496. The van der Waals surface area contributed by atoms with E-state index in [1.807, 2.05) is 32.0 Å². The van der Waals surface area contributed by atoms with E-state index in [0.29, 0.717) is 6.42 Å². The molecule has 0 aliphatic heterocycles. The van der Waals surface area contributed by atoms with Crippen molar-refractivity contribution in [3.8, 4) is 5.75 Å². The molecule has 110 valence electrons. The molecule has 0 bridgehead atoms. The fourth-order valence-corrected chi connectivity index (χ4v) is 1.88. The van der Waals surface area contributed by atoms with Gasteiger partial charge in [-0.2, -0.15) is 0 Å². The molecular weight excluding hydrogens is 258 g/mol. The Balaban J connectivity index is 2.44. The normalized spacial score (nSPS) is 11.8. The number of carboxylic acids is 1. The van der Waals surface area contributed by atoms with E-state index in [2.05, 4.69) is 5.32 Å². The number of aryl methyl sites for hydroxylation is 2. The molecule has 0 saturated carbocycles. The zero-order chi connectivity index (χ0) is 15.1. The van der Waals surface area contributed by atoms with E-state index in [4.69, 9.17) is 9.84 Å². The lowest BCUT2D eigenvalue weighted by atomic mass is 10.1. The highest BCUT2D eigenvalue weighted by Gasteiger charge is 2.17. The first-order valence-electron chi connectivity index (χ1n) is 6.66. The third-order valence-electron chi connectivity index (χ3n) is 3.03. The maximum Gasteiger partial charge on any atom is 0.326 e. The zero-order valence-corrected chi connectivity index (χ0v) is 12.1. The SMILES string of the molecule is CC[C@H](NC(=O)CCOc1c(C)cccc1C)C(=O)O. The molecular formula is C15H21NO4. The van der Waals surface area contributed by atoms with Crippen molar-refractivity contribution in [3.05, 3.63) is 29.3 Å². The summed E-state index contributed by atoms with van der Waals surface area (Å²) in [6.45, 7) is 5.83. The first-order valence-corrected chi connectivity index (χ1v) is 6.66. The third-order valence-corrected chi connectivity index (χ3v) is 3.03. The summed E-state index contributed by atoms with van der Waals surface area (Å²) < 4.78 is 5.61. The number of ether oxygens (including phenoxy) is 1. The fourth-order valence-electron chi connectivity index (χ4n) is 1.88. The second-order valence-electron chi connectivity index (χ2n) is 4.69. The van der Waals surface area contributed by atoms with Gasteiger partial charge in [0.2, 0.25) is 5.91 Å². The van der Waals surface area contributed by atoms with Crippen molar-refractivity contribution in [1.29, 1.82) is 0 Å². The molecule has 0 radical (unpaired) electrons. The van der Waals surface area contributed by atoms with Gasteiger partial charge in [-0.05, 0) is 31.4 Å². The lowest BCUT2D eigenvalue weighted by Crippen LogP contribution is -2.40. The number of hydrogen-bond donors (Lipinski definition) is 2. The predicted octanol–water partition coefficient (Wildman–Crippen LogP) is 2.05. The maximum absolute atomic E-state index is 11.6. The molecule has 0 unspecified atom stereocenters. The molecule has 1 rings (SSSR count). The van der Waals surface area contributed by atoms with Gasteiger partial charge >= 0.3 is 5.97 Å². The number of carboxylic acid groups (broad SMARTS) is 1. The number of hydrogen-bond acceptors (Lipinski definition) is 3. The van der Waals surface area contributed by atoms with E-state index in [1.165, 1.54) is 0 Å². The van der Waals surface area contributed by atoms with E-state index in [0.717, 1.165) is 16.9 Å². The Morgan fingerprint density at radius 3 is 2.40 bits per heavy atom. The molecule has 0 spiro atoms. The number of carbonyl (C=O) groups is 2. The van der Waals surface area contributed by atoms with Gasteiger partial charge in [0.15, 0.2) is 0 Å². The number of rotatable bonds is 7. The minimum Gasteiger partial charge on any atom is -0.493 e. The molecule has 0 aromatic heterocycles. The Morgan fingerprint density at radius 2 is 1.90 bits per heavy atom. The second-order valence-corrected chi connectivity index (χ2v) is 4.69. The Labute approximate surface area is 118 Å². The highest BCUT2D eigenvalue weighted by atomic mass is 16.5. The molecule has 20 heavy (non-hydrogen) atoms. The number of para-hydroxylation sites is 1. The maximum atomic E-state index is 11.6. The van der Waals surface area contributed by atoms with Crippen LogP contribution in [0.5, 0.6) is 5.75 Å². The number of nitrogens with one attached hydrogen (secondary N) is 1. The van der Waals surface area contributed by atoms with E-state index in [-0.39, 0.29) is 18.9 Å². The molecule has 1 amide bonds. The van der Waals surface area contributed by atoms with Crippen molar-refractivity contribution < 1.29 is 19.4 Å². The van der Waals surface area contributed by atoms with Gasteiger partial charge in [-0.15, -0.1) is 0 Å². The van der Waals surface area contributed by atoms with Crippen LogP contribution in [0.25, 0.3) is 0 Å². The average Bonchev–Trinajstić information content (AvgIpc) is 2.39. The monoisotopic (exact) mass is 279 g/mol. The third kappa shape index (κ3) is 4.57. The average molecular weight is 279 g/mol. The molecule has 1 aromatic rings. The van der Waals surface area contributed by atoms with Crippen LogP contribution in [0.2, 0.25) is 0 Å². The fraction of sp³-hybridized carbons (Fsp3) is 0.467. The van der Waals surface area contributed by atoms with E-state index in [1.54, 1.807) is 6.92 Å². The number of aliphatic carboxylic acids is 1. The Kier molecular flexibility index (Phi) is 6.03. The van der Waals surface area contributed by atoms with Crippen molar-refractivity contribution in [3.63, 3.8) is 0 Å². The summed E-state index contributed by atoms with van der Waals surface area (Å²) in [5, 5.41) is 11.3. The lowest BCUT2D eigenvalue weighted by molar-refractivity contribution is -0.142. The molecule has 1 atom stereocenters. The van der Waals surface area contributed by atoms with Crippen molar-refractivity contribution in [2.45, 2.75) is 39.7 Å². The van der Waals surface area contributed by atoms with Crippen molar-refractivity contribution in [1.82, 2.24) is 5.32 Å². The molecule has 2 N–H and O–H groups in total. The first kappa shape index (κ1) is 16.0. The van der Waals surface area contributed by atoms with Gasteiger partial charge in [0.25, 0.3) is 0 Å². The Hall–Kier alpha value is -2.04. The zero-order valence-electron chi connectivity index (χ0n) is 12.1. The molecule has 1 aromatic carbocycles. The van der Waals surface area contributed by atoms with Crippen LogP contribution in [0, 0.1) is 13.8 Å². The van der Waals surface area contributed by atoms with Gasteiger partial charge < -0.3 is 15.2 Å². The quantitative estimate of drug-likeness (QED) is 0.801. The van der Waals surface area contributed by atoms with Crippen LogP contribution in [0.1, 0.15) is 30.9 Å². The van der Waals surface area contributed by atoms with Gasteiger partial charge in [-0.3, -0.25) is 4.79 Å². The van der Waals surface area contributed by atoms with Crippen molar-refractivity contribution >= 4 is 11.9 Å². The molecule has 0 aliphatic rings. The van der Waals surface area contributed by atoms with Crippen LogP contribution >= 0.6 is 0 Å². The number of carbonyl (C=O) groups excluding carboxylic acids is 1. The first-order chi connectivity index (χ1) is 9.45. The summed E-state index contributed by atoms with van der Waals surface area (Å²) in [6, 6.07) is 5.01. The second kappa shape index (κ2) is 7.53. The standard InChI is InChI=1S/C15H21NO4/c1-4-12(15(18)19)16-13(17)8-9-20-14-10(2)6-5-7-11(14)3/h5-7,12H,4,8-9H2,1-3H3,(H,16,17)(H,18,19)/t12-/m0/s1. The highest BCUT2D eigenvalue weighted by Crippen LogP contribution is 2.22. The van der Waals surface area contributed by atoms with Gasteiger partial charge in [0.1, 0.15) is 11.8 Å². The van der Waals surface area contributed by atoms with Crippen LogP contribution in [-0.2, 0) is 9.59 Å². The van der Waals surface area contributed by atoms with E-state index < -0.39 is 12.0 Å². The van der Waals surface area contributed by atoms with Crippen LogP contribution < -0.4 is 10.1 Å². The van der Waals surface area contributed by atoms with Crippen LogP contribution in [0.3, 0.4) is 0 Å². The molecule has 5 nitrogen and oxygen atoms in total. The van der Waals surface area contributed by atoms with Gasteiger partial charge in [0, 0.05) is 0 Å². The number of benzene rings is 1. The highest BCUT2D eigenvalue weighted by molar-refractivity contribution is 5.83. The van der Waals surface area contributed by atoms with E-state index in [9.17, 15) is 9.59 Å². The van der Waals surface area contributed by atoms with Crippen LogP contribution in [0.4, 0.5) is 0 Å². The predicted molar refractivity (Wildman–Crippen MR) is 75.9 cm³/mol. The van der Waals surface area contributed by atoms with Gasteiger partial charge in [-0.1, -0.05) is 25.1 Å². The van der Waals surface area contributed by atoms with Gasteiger partial charge in [-0.25, -0.2) is 4.79 Å². The topological polar surface area (TPSA) is 75.6 Å². The molecule has 5 heteroatoms. The minimum absolute atomic E-state index is 0.136. The van der Waals surface area contributed by atoms with Gasteiger partial charge in [0.05, 0.1) is 13.0 Å². The van der Waals surface area contributed by atoms with Crippen molar-refractivity contribution in [2.75, 3.05) is 6.61 Å². The summed E-state index contributed by atoms with van der Waals surface area (Å²) in [5.41, 5.74) is 2.03. The van der Waals surface area contributed by atoms with E-state index >= 15 is 0 Å². The van der Waals surface area contributed by atoms with Crippen molar-refractivity contribution in [2.24, 2.45) is 0 Å². The summed E-state index contributed by atoms with van der Waals surface area (Å²) in [5.74, 6) is -0.549. The smallest absolute Gasteiger partial charge is 0.326 e. The van der Waals surface area contributed by atoms with Crippen LogP contribution in [-0.4, -0.2) is 29.6 Å². The lowest BCUT2D eigenvalue weighted by Gasteiger charge is -2.14. The number of amides is 1.